The van der Waals surface area contributed by atoms with Gasteiger partial charge in [0.25, 0.3) is 5.91 Å². The molecule has 1 aromatic carbocycles. The number of nitrogens with zero attached hydrogens (tertiary/aromatic N) is 2. The van der Waals surface area contributed by atoms with Gasteiger partial charge in [-0.1, -0.05) is 29.3 Å². The number of rotatable bonds is 2. The van der Waals surface area contributed by atoms with Crippen molar-refractivity contribution in [2.45, 2.75) is 6.92 Å². The zero-order valence-corrected chi connectivity index (χ0v) is 12.0. The lowest BCUT2D eigenvalue weighted by molar-refractivity contribution is 0.102. The standard InChI is InChI=1S/C12H8Cl3N3O/c1-6-2-3-7(4-9(6)13)17-11(19)8-5-16-12(15)18-10(8)14/h2-5H,1H3,(H,17,19). The van der Waals surface area contributed by atoms with E-state index < -0.39 is 5.91 Å². The zero-order valence-electron chi connectivity index (χ0n) is 9.75. The highest BCUT2D eigenvalue weighted by Crippen LogP contribution is 2.21. The van der Waals surface area contributed by atoms with Crippen LogP contribution < -0.4 is 5.32 Å². The maximum Gasteiger partial charge on any atom is 0.260 e. The van der Waals surface area contributed by atoms with Gasteiger partial charge in [-0.15, -0.1) is 0 Å². The summed E-state index contributed by atoms with van der Waals surface area (Å²) in [6.45, 7) is 1.87. The van der Waals surface area contributed by atoms with Crippen LogP contribution in [0.4, 0.5) is 5.69 Å². The summed E-state index contributed by atoms with van der Waals surface area (Å²) in [4.78, 5) is 19.4. The summed E-state index contributed by atoms with van der Waals surface area (Å²) >= 11 is 17.4. The Morgan fingerprint density at radius 3 is 2.63 bits per heavy atom. The second-order valence-electron chi connectivity index (χ2n) is 3.76. The minimum Gasteiger partial charge on any atom is -0.322 e. The van der Waals surface area contributed by atoms with Crippen molar-refractivity contribution < 1.29 is 4.79 Å². The number of aryl methyl sites for hydroxylation is 1. The number of carbonyl (C=O) groups excluding carboxylic acids is 1. The summed E-state index contributed by atoms with van der Waals surface area (Å²) in [5.41, 5.74) is 1.63. The van der Waals surface area contributed by atoms with E-state index in [-0.39, 0.29) is 16.0 Å². The second kappa shape index (κ2) is 5.74. The first kappa shape index (κ1) is 14.1. The number of aromatic nitrogens is 2. The Hall–Kier alpha value is -1.36. The topological polar surface area (TPSA) is 54.9 Å². The van der Waals surface area contributed by atoms with Crippen molar-refractivity contribution in [3.05, 3.63) is 51.0 Å². The molecule has 0 fully saturated rings. The molecule has 4 nitrogen and oxygen atoms in total. The summed E-state index contributed by atoms with van der Waals surface area (Å²) < 4.78 is 0. The van der Waals surface area contributed by atoms with Crippen LogP contribution in [0.2, 0.25) is 15.5 Å². The molecule has 7 heteroatoms. The van der Waals surface area contributed by atoms with E-state index in [4.69, 9.17) is 34.8 Å². The van der Waals surface area contributed by atoms with Crippen LogP contribution in [0.15, 0.2) is 24.4 Å². The third-order valence-electron chi connectivity index (χ3n) is 2.39. The zero-order chi connectivity index (χ0) is 14.0. The lowest BCUT2D eigenvalue weighted by atomic mass is 10.2. The Kier molecular flexibility index (Phi) is 4.24. The molecule has 0 saturated carbocycles. The number of halogens is 3. The van der Waals surface area contributed by atoms with Gasteiger partial charge < -0.3 is 5.32 Å². The fraction of sp³-hybridized carbons (Fsp3) is 0.0833. The van der Waals surface area contributed by atoms with Crippen molar-refractivity contribution in [1.29, 1.82) is 0 Å². The molecule has 0 radical (unpaired) electrons. The maximum absolute atomic E-state index is 12.0. The van der Waals surface area contributed by atoms with Gasteiger partial charge in [0.1, 0.15) is 5.15 Å². The first-order valence-electron chi connectivity index (χ1n) is 5.23. The fourth-order valence-corrected chi connectivity index (χ4v) is 1.93. The quantitative estimate of drug-likeness (QED) is 0.673. The first-order chi connectivity index (χ1) is 8.97. The molecule has 0 aliphatic rings. The second-order valence-corrected chi connectivity index (χ2v) is 4.86. The molecule has 1 N–H and O–H groups in total. The molecule has 0 unspecified atom stereocenters. The Labute approximate surface area is 124 Å². The van der Waals surface area contributed by atoms with Crippen molar-refractivity contribution in [1.82, 2.24) is 9.97 Å². The van der Waals surface area contributed by atoms with Crippen molar-refractivity contribution in [2.24, 2.45) is 0 Å². The number of benzene rings is 1. The van der Waals surface area contributed by atoms with E-state index in [2.05, 4.69) is 15.3 Å². The van der Waals surface area contributed by atoms with E-state index in [1.165, 1.54) is 6.20 Å². The number of nitrogens with one attached hydrogen (secondary N) is 1. The van der Waals surface area contributed by atoms with E-state index in [0.29, 0.717) is 10.7 Å². The van der Waals surface area contributed by atoms with E-state index in [1.807, 2.05) is 6.92 Å². The Balaban J connectivity index is 2.23. The highest BCUT2D eigenvalue weighted by Gasteiger charge is 2.13. The molecule has 2 rings (SSSR count). The summed E-state index contributed by atoms with van der Waals surface area (Å²) in [6, 6.07) is 5.20. The molecule has 1 amide bonds. The molecule has 1 aromatic heterocycles. The largest absolute Gasteiger partial charge is 0.322 e. The fourth-order valence-electron chi connectivity index (χ4n) is 1.36. The molecule has 1 heterocycles. The van der Waals surface area contributed by atoms with Gasteiger partial charge in [-0.3, -0.25) is 4.79 Å². The molecule has 0 aliphatic carbocycles. The highest BCUT2D eigenvalue weighted by molar-refractivity contribution is 6.34. The van der Waals surface area contributed by atoms with E-state index in [0.717, 1.165) is 5.56 Å². The molecular weight excluding hydrogens is 309 g/mol. The molecule has 2 aromatic rings. The lowest BCUT2D eigenvalue weighted by Crippen LogP contribution is -2.13. The molecule has 0 spiro atoms. The summed E-state index contributed by atoms with van der Waals surface area (Å²) in [7, 11) is 0. The first-order valence-corrected chi connectivity index (χ1v) is 6.36. The van der Waals surface area contributed by atoms with Crippen LogP contribution in [0.25, 0.3) is 0 Å². The normalized spacial score (nSPS) is 10.3. The number of hydrogen-bond acceptors (Lipinski definition) is 3. The van der Waals surface area contributed by atoms with Gasteiger partial charge in [-0.05, 0) is 36.2 Å². The molecule has 98 valence electrons. The summed E-state index contributed by atoms with van der Waals surface area (Å²) in [5, 5.41) is 3.20. The van der Waals surface area contributed by atoms with Gasteiger partial charge in [-0.2, -0.15) is 0 Å². The van der Waals surface area contributed by atoms with E-state index >= 15 is 0 Å². The smallest absolute Gasteiger partial charge is 0.260 e. The van der Waals surface area contributed by atoms with Crippen molar-refractivity contribution in [3.8, 4) is 0 Å². The molecule has 0 saturated heterocycles. The molecule has 0 aliphatic heterocycles. The number of anilines is 1. The lowest BCUT2D eigenvalue weighted by Gasteiger charge is -2.07. The van der Waals surface area contributed by atoms with Crippen LogP contribution >= 0.6 is 34.8 Å². The predicted molar refractivity (Wildman–Crippen MR) is 76.2 cm³/mol. The van der Waals surface area contributed by atoms with Gasteiger partial charge in [0.15, 0.2) is 0 Å². The average molecular weight is 317 g/mol. The van der Waals surface area contributed by atoms with Crippen LogP contribution in [0.1, 0.15) is 15.9 Å². The van der Waals surface area contributed by atoms with Crippen LogP contribution in [0, 0.1) is 6.92 Å². The van der Waals surface area contributed by atoms with Crippen LogP contribution in [-0.4, -0.2) is 15.9 Å². The van der Waals surface area contributed by atoms with Crippen LogP contribution in [0.3, 0.4) is 0 Å². The maximum atomic E-state index is 12.0. The van der Waals surface area contributed by atoms with Crippen molar-refractivity contribution >= 4 is 46.4 Å². The molecule has 0 bridgehead atoms. The SMILES string of the molecule is Cc1ccc(NC(=O)c2cnc(Cl)nc2Cl)cc1Cl. The van der Waals surface area contributed by atoms with Crippen LogP contribution in [-0.2, 0) is 0 Å². The third-order valence-corrected chi connectivity index (χ3v) is 3.26. The van der Waals surface area contributed by atoms with Crippen LogP contribution in [0.5, 0.6) is 0 Å². The Morgan fingerprint density at radius 1 is 1.26 bits per heavy atom. The van der Waals surface area contributed by atoms with E-state index in [1.54, 1.807) is 18.2 Å². The van der Waals surface area contributed by atoms with E-state index in [9.17, 15) is 4.79 Å². The minimum atomic E-state index is -0.429. The Bertz CT molecular complexity index is 646. The minimum absolute atomic E-state index is 0.00397. The number of hydrogen-bond donors (Lipinski definition) is 1. The number of carbonyl (C=O) groups is 1. The van der Waals surface area contributed by atoms with Gasteiger partial charge >= 0.3 is 0 Å². The number of amides is 1. The average Bonchev–Trinajstić information content (AvgIpc) is 2.33. The third kappa shape index (κ3) is 3.35. The van der Waals surface area contributed by atoms with Gasteiger partial charge in [0.05, 0.1) is 5.56 Å². The Morgan fingerprint density at radius 2 is 2.00 bits per heavy atom. The van der Waals surface area contributed by atoms with Gasteiger partial charge in [0.2, 0.25) is 5.28 Å². The van der Waals surface area contributed by atoms with Gasteiger partial charge in [-0.25, -0.2) is 9.97 Å². The van der Waals surface area contributed by atoms with Crippen molar-refractivity contribution in [3.63, 3.8) is 0 Å². The summed E-state index contributed by atoms with van der Waals surface area (Å²) in [5.74, 6) is -0.429. The summed E-state index contributed by atoms with van der Waals surface area (Å²) in [6.07, 6.45) is 1.27. The van der Waals surface area contributed by atoms with Gasteiger partial charge in [0, 0.05) is 16.9 Å². The monoisotopic (exact) mass is 315 g/mol. The predicted octanol–water partition coefficient (Wildman–Crippen LogP) is 4.00. The van der Waals surface area contributed by atoms with Crippen molar-refractivity contribution in [2.75, 3.05) is 5.32 Å². The highest BCUT2D eigenvalue weighted by atomic mass is 35.5. The molecule has 0 atom stereocenters. The molecular formula is C12H8Cl3N3O. The molecule has 19 heavy (non-hydrogen) atoms.